The summed E-state index contributed by atoms with van der Waals surface area (Å²) in [6, 6.07) is 6.31. The van der Waals surface area contributed by atoms with Gasteiger partial charge in [0.05, 0.1) is 34.0 Å². The highest BCUT2D eigenvalue weighted by molar-refractivity contribution is 6.20. The molecular weight excluding hydrogens is 428 g/mol. The fourth-order valence-electron chi connectivity index (χ4n) is 3.22. The van der Waals surface area contributed by atoms with Crippen LogP contribution in [0.4, 0.5) is 5.88 Å². The van der Waals surface area contributed by atoms with Crippen LogP contribution in [-0.2, 0) is 0 Å². The molecule has 0 aliphatic rings. The number of methoxy groups -OCH3 is 4. The summed E-state index contributed by atoms with van der Waals surface area (Å²) in [7, 11) is 5.84. The Morgan fingerprint density at radius 1 is 1.00 bits per heavy atom. The molecule has 166 valence electrons. The molecule has 0 saturated carbocycles. The number of ketones is 1. The summed E-state index contributed by atoms with van der Waals surface area (Å²) in [6.07, 6.45) is 0. The molecule has 0 spiro atoms. The molecule has 3 aromatic rings. The van der Waals surface area contributed by atoms with Crippen LogP contribution >= 0.6 is 11.8 Å². The van der Waals surface area contributed by atoms with Crippen LogP contribution in [-0.4, -0.2) is 52.4 Å². The van der Waals surface area contributed by atoms with E-state index < -0.39 is 0 Å². The molecule has 0 fully saturated rings. The van der Waals surface area contributed by atoms with Crippen molar-refractivity contribution in [3.05, 3.63) is 35.4 Å². The highest BCUT2D eigenvalue weighted by Crippen LogP contribution is 2.43. The zero-order valence-corrected chi connectivity index (χ0v) is 18.3. The number of furan rings is 1. The van der Waals surface area contributed by atoms with Crippen LogP contribution in [0, 0.1) is 0 Å². The number of carbonyl (C=O) groups excluding carboxylic acids is 1. The molecule has 10 heteroatoms. The number of aromatic hydroxyl groups is 1. The summed E-state index contributed by atoms with van der Waals surface area (Å²) in [5, 5.41) is 13.9. The average Bonchev–Trinajstić information content (AvgIpc) is 3.17. The third kappa shape index (κ3) is 4.14. The molecule has 0 aliphatic carbocycles. The van der Waals surface area contributed by atoms with Gasteiger partial charge in [0.2, 0.25) is 17.4 Å². The van der Waals surface area contributed by atoms with Crippen molar-refractivity contribution in [1.29, 1.82) is 0 Å². The topological polar surface area (TPSA) is 111 Å². The van der Waals surface area contributed by atoms with Gasteiger partial charge in [-0.3, -0.25) is 4.79 Å². The number of carbonyl (C=O) groups is 1. The van der Waals surface area contributed by atoms with E-state index in [2.05, 4.69) is 10.2 Å². The van der Waals surface area contributed by atoms with Gasteiger partial charge in [0.15, 0.2) is 28.6 Å². The van der Waals surface area contributed by atoms with Gasteiger partial charge in [-0.05, 0) is 36.0 Å². The van der Waals surface area contributed by atoms with Crippen molar-refractivity contribution in [2.75, 3.05) is 46.8 Å². The third-order valence-electron chi connectivity index (χ3n) is 4.67. The summed E-state index contributed by atoms with van der Waals surface area (Å²) < 4.78 is 27.0. The summed E-state index contributed by atoms with van der Waals surface area (Å²) >= 11 is 5.52. The van der Waals surface area contributed by atoms with E-state index in [9.17, 15) is 9.90 Å². The van der Waals surface area contributed by atoms with Crippen LogP contribution in [0.5, 0.6) is 28.7 Å². The van der Waals surface area contributed by atoms with Crippen molar-refractivity contribution < 1.29 is 33.3 Å². The average molecular weight is 451 g/mol. The van der Waals surface area contributed by atoms with Gasteiger partial charge in [0, 0.05) is 24.0 Å². The number of benzene rings is 2. The molecule has 3 rings (SSSR count). The summed E-state index contributed by atoms with van der Waals surface area (Å²) in [5.74, 6) is 0.872. The number of fused-ring (bicyclic) bond motifs is 1. The van der Waals surface area contributed by atoms with Crippen molar-refractivity contribution in [2.45, 2.75) is 0 Å². The molecule has 0 bridgehead atoms. The number of halogens is 1. The number of anilines is 1. The van der Waals surface area contributed by atoms with Crippen molar-refractivity contribution in [2.24, 2.45) is 0 Å². The zero-order chi connectivity index (χ0) is 22.5. The van der Waals surface area contributed by atoms with E-state index in [-0.39, 0.29) is 39.9 Å². The van der Waals surface area contributed by atoms with Gasteiger partial charge in [0.1, 0.15) is 0 Å². The second-order valence-corrected chi connectivity index (χ2v) is 6.62. The maximum atomic E-state index is 13.6. The van der Waals surface area contributed by atoms with Gasteiger partial charge >= 0.3 is 0 Å². The zero-order valence-electron chi connectivity index (χ0n) is 17.5. The van der Waals surface area contributed by atoms with E-state index in [4.69, 9.17) is 35.1 Å². The van der Waals surface area contributed by atoms with Crippen LogP contribution in [0.3, 0.4) is 0 Å². The Kier molecular flexibility index (Phi) is 6.98. The number of phenolic OH excluding ortho intramolecular Hbond substituents is 1. The van der Waals surface area contributed by atoms with Gasteiger partial charge in [-0.1, -0.05) is 0 Å². The Labute approximate surface area is 183 Å². The predicted molar refractivity (Wildman–Crippen MR) is 116 cm³/mol. The fraction of sp³-hybridized carbons (Fsp3) is 0.286. The molecule has 0 unspecified atom stereocenters. The second-order valence-electron chi connectivity index (χ2n) is 6.35. The maximum Gasteiger partial charge on any atom is 0.205 e. The van der Waals surface area contributed by atoms with Gasteiger partial charge in [-0.2, -0.15) is 0 Å². The molecule has 1 heterocycles. The van der Waals surface area contributed by atoms with E-state index in [1.54, 1.807) is 24.3 Å². The minimum Gasteiger partial charge on any atom is -0.502 e. The van der Waals surface area contributed by atoms with Gasteiger partial charge < -0.3 is 33.8 Å². The van der Waals surface area contributed by atoms with Crippen LogP contribution in [0.2, 0.25) is 0 Å². The number of hydrogen-bond donors (Lipinski definition) is 3. The molecule has 9 nitrogen and oxygen atoms in total. The van der Waals surface area contributed by atoms with Gasteiger partial charge in [0.25, 0.3) is 0 Å². The molecule has 0 amide bonds. The first-order valence-corrected chi connectivity index (χ1v) is 9.62. The van der Waals surface area contributed by atoms with E-state index in [1.165, 1.54) is 28.4 Å². The first-order chi connectivity index (χ1) is 15.0. The fourth-order valence-corrected chi connectivity index (χ4v) is 3.32. The highest BCUT2D eigenvalue weighted by Gasteiger charge is 2.27. The van der Waals surface area contributed by atoms with E-state index in [1.807, 2.05) is 0 Å². The number of hydrogen-bond acceptors (Lipinski definition) is 9. The van der Waals surface area contributed by atoms with Crippen molar-refractivity contribution >= 4 is 34.4 Å². The largest absolute Gasteiger partial charge is 0.502 e. The molecule has 0 aliphatic heterocycles. The molecule has 0 saturated heterocycles. The molecule has 1 aromatic heterocycles. The Balaban J connectivity index is 2.19. The Morgan fingerprint density at radius 3 is 2.19 bits per heavy atom. The molecule has 31 heavy (non-hydrogen) atoms. The summed E-state index contributed by atoms with van der Waals surface area (Å²) in [6.45, 7) is 0.780. The monoisotopic (exact) mass is 450 g/mol. The third-order valence-corrected chi connectivity index (χ3v) is 4.86. The number of nitrogens with one attached hydrogen (secondary N) is 2. The van der Waals surface area contributed by atoms with Gasteiger partial charge in [-0.25, -0.2) is 4.84 Å². The molecule has 0 atom stereocenters. The molecular formula is C21H23ClN2O7. The molecule has 3 N–H and O–H groups in total. The lowest BCUT2D eigenvalue weighted by atomic mass is 10.0. The first kappa shape index (κ1) is 22.4. The van der Waals surface area contributed by atoms with E-state index >= 15 is 0 Å². The standard InChI is InChI=1S/C21H23ClN2O7/c1-27-13-6-5-12-16(21(23-7-8-24-22)31-19(12)18(13)26)17(25)11-9-14(28-2)20(30-4)15(10-11)29-3/h5-6,9-10,23-24,26H,7-8H2,1-4H3. The lowest BCUT2D eigenvalue weighted by Crippen LogP contribution is -2.15. The normalized spacial score (nSPS) is 10.7. The Hall–Kier alpha value is -3.30. The Bertz CT molecular complexity index is 1070. The number of ether oxygens (including phenoxy) is 4. The van der Waals surface area contributed by atoms with Crippen LogP contribution in [0.15, 0.2) is 28.7 Å². The van der Waals surface area contributed by atoms with Crippen molar-refractivity contribution in [3.8, 4) is 28.7 Å². The lowest BCUT2D eigenvalue weighted by molar-refractivity contribution is 0.103. The smallest absolute Gasteiger partial charge is 0.205 e. The van der Waals surface area contributed by atoms with Crippen molar-refractivity contribution in [1.82, 2.24) is 4.84 Å². The van der Waals surface area contributed by atoms with E-state index in [0.717, 1.165) is 0 Å². The second kappa shape index (κ2) is 9.67. The lowest BCUT2D eigenvalue weighted by Gasteiger charge is -2.14. The number of rotatable bonds is 10. The summed E-state index contributed by atoms with van der Waals surface area (Å²) in [4.78, 5) is 16.1. The number of phenols is 1. The predicted octanol–water partition coefficient (Wildman–Crippen LogP) is 3.56. The minimum absolute atomic E-state index is 0.122. The SMILES string of the molecule is COc1cc(C(=O)c2c(NCCNCl)oc3c(O)c(OC)ccc23)cc(OC)c1OC. The first-order valence-electron chi connectivity index (χ1n) is 9.25. The highest BCUT2D eigenvalue weighted by atomic mass is 35.5. The van der Waals surface area contributed by atoms with Crippen LogP contribution < -0.4 is 29.1 Å². The molecule has 2 aromatic carbocycles. The van der Waals surface area contributed by atoms with Crippen LogP contribution in [0.25, 0.3) is 11.0 Å². The Morgan fingerprint density at radius 2 is 1.65 bits per heavy atom. The molecule has 0 radical (unpaired) electrons. The van der Waals surface area contributed by atoms with Gasteiger partial charge in [-0.15, -0.1) is 0 Å². The van der Waals surface area contributed by atoms with E-state index in [0.29, 0.717) is 35.7 Å². The van der Waals surface area contributed by atoms with Crippen molar-refractivity contribution in [3.63, 3.8) is 0 Å². The maximum absolute atomic E-state index is 13.6. The van der Waals surface area contributed by atoms with Crippen LogP contribution in [0.1, 0.15) is 15.9 Å². The summed E-state index contributed by atoms with van der Waals surface area (Å²) in [5.41, 5.74) is 0.638. The quantitative estimate of drug-likeness (QED) is 0.242. The minimum atomic E-state index is -0.371.